The molecule has 6 nitrogen and oxygen atoms in total. The molecule has 1 aliphatic heterocycles. The van der Waals surface area contributed by atoms with Crippen LogP contribution in [0.5, 0.6) is 0 Å². The summed E-state index contributed by atoms with van der Waals surface area (Å²) in [7, 11) is 2.03. The zero-order valence-corrected chi connectivity index (χ0v) is 31.4. The second-order valence-electron chi connectivity index (χ2n) is 13.9. The maximum absolute atomic E-state index is 13.8. The SMILES string of the molecule is C[n+]1c(C=c2s/c(=C/c3ccc4c(c3)C3CCCC3N4c3ccc(C=C(c4ccccc4)c4ccccc4)cc3)c(=O)n2COC=O)sc2ccccc21. The molecule has 1 fully saturated rings. The molecule has 0 N–H and O–H groups in total. The van der Waals surface area contributed by atoms with E-state index < -0.39 is 0 Å². The second kappa shape index (κ2) is 14.5. The fourth-order valence-corrected chi connectivity index (χ4v) is 10.3. The van der Waals surface area contributed by atoms with Crippen LogP contribution >= 0.6 is 22.7 Å². The van der Waals surface area contributed by atoms with E-state index in [0.29, 0.717) is 23.0 Å². The number of thiazole rings is 2. The van der Waals surface area contributed by atoms with Crippen molar-refractivity contribution in [1.82, 2.24) is 4.57 Å². The number of carbonyl (C=O) groups excluding carboxylic acids is 1. The summed E-state index contributed by atoms with van der Waals surface area (Å²) in [6.07, 6.45) is 9.76. The van der Waals surface area contributed by atoms with E-state index in [-0.39, 0.29) is 12.3 Å². The summed E-state index contributed by atoms with van der Waals surface area (Å²) in [5.74, 6) is 0.438. The number of benzene rings is 5. The molecule has 266 valence electrons. The van der Waals surface area contributed by atoms with Gasteiger partial charge in [-0.3, -0.25) is 14.2 Å². The lowest BCUT2D eigenvalue weighted by Gasteiger charge is -2.27. The number of hydrogen-bond donors (Lipinski definition) is 0. The van der Waals surface area contributed by atoms with Crippen LogP contribution in [0.25, 0.3) is 34.0 Å². The Kier molecular flexibility index (Phi) is 9.14. The summed E-state index contributed by atoms with van der Waals surface area (Å²) >= 11 is 3.08. The van der Waals surface area contributed by atoms with Gasteiger partial charge < -0.3 is 9.64 Å². The lowest BCUT2D eigenvalue weighted by atomic mass is 9.95. The highest BCUT2D eigenvalue weighted by Gasteiger charge is 2.42. The number of aryl methyl sites for hydroxylation is 1. The van der Waals surface area contributed by atoms with Gasteiger partial charge in [-0.2, -0.15) is 4.57 Å². The molecular weight excluding hydrogens is 707 g/mol. The average Bonchev–Trinajstić information content (AvgIpc) is 3.96. The summed E-state index contributed by atoms with van der Waals surface area (Å²) in [4.78, 5) is 27.5. The summed E-state index contributed by atoms with van der Waals surface area (Å²) in [6.45, 7) is 0.252. The van der Waals surface area contributed by atoms with E-state index >= 15 is 0 Å². The van der Waals surface area contributed by atoms with Crippen LogP contribution in [0.15, 0.2) is 132 Å². The number of ether oxygens (including phenoxy) is 1. The number of rotatable bonds is 9. The molecule has 2 atom stereocenters. The molecule has 1 saturated carbocycles. The molecule has 0 spiro atoms. The van der Waals surface area contributed by atoms with Gasteiger partial charge in [0.1, 0.15) is 16.4 Å². The predicted molar refractivity (Wildman–Crippen MR) is 220 cm³/mol. The van der Waals surface area contributed by atoms with E-state index in [1.807, 2.05) is 31.3 Å². The zero-order valence-electron chi connectivity index (χ0n) is 29.8. The van der Waals surface area contributed by atoms with Crippen molar-refractivity contribution < 1.29 is 14.1 Å². The molecule has 54 heavy (non-hydrogen) atoms. The predicted octanol–water partition coefficient (Wildman–Crippen LogP) is 8.11. The fourth-order valence-electron chi connectivity index (χ4n) is 8.14. The van der Waals surface area contributed by atoms with Crippen LogP contribution < -0.4 is 24.2 Å². The fraction of sp³-hybridized carbons (Fsp3) is 0.152. The molecule has 8 heteroatoms. The smallest absolute Gasteiger partial charge is 0.294 e. The van der Waals surface area contributed by atoms with Crippen molar-refractivity contribution in [1.29, 1.82) is 0 Å². The van der Waals surface area contributed by atoms with E-state index in [1.165, 1.54) is 51.4 Å². The van der Waals surface area contributed by atoms with Crippen molar-refractivity contribution in [2.24, 2.45) is 7.05 Å². The first-order valence-electron chi connectivity index (χ1n) is 18.3. The van der Waals surface area contributed by atoms with Crippen molar-refractivity contribution in [3.05, 3.63) is 180 Å². The number of nitrogens with zero attached hydrogens (tertiary/aromatic N) is 3. The molecule has 3 heterocycles. The number of fused-ring (bicyclic) bond motifs is 4. The lowest BCUT2D eigenvalue weighted by molar-refractivity contribution is -0.642. The normalized spacial score (nSPS) is 16.8. The molecule has 0 saturated heterocycles. The summed E-state index contributed by atoms with van der Waals surface area (Å²) in [5, 5.41) is 1.01. The van der Waals surface area contributed by atoms with Gasteiger partial charge in [-0.15, -0.1) is 11.3 Å². The first-order valence-corrected chi connectivity index (χ1v) is 19.9. The number of carbonyl (C=O) groups is 1. The standard InChI is InChI=1S/C46H38N3O3S2/c1-47-41-16-8-9-18-42(41)53-44(47)28-45-48(29-52-30-50)46(51)43(54-45)27-32-21-24-40-38(26-32)36-15-10-17-39(36)49(40)35-22-19-31(20-23-35)25-37(33-11-4-2-5-12-33)34-13-6-3-7-14-34/h2-9,11-14,16,18-28,30,36,39H,10,15,17,29H2,1H3/q+1/b43-27+. The molecule has 2 unspecified atom stereocenters. The maximum atomic E-state index is 13.8. The highest BCUT2D eigenvalue weighted by molar-refractivity contribution is 7.19. The number of anilines is 2. The van der Waals surface area contributed by atoms with Gasteiger partial charge in [0, 0.05) is 29.4 Å². The Morgan fingerprint density at radius 2 is 1.52 bits per heavy atom. The molecule has 7 aromatic rings. The minimum absolute atomic E-state index is 0.135. The van der Waals surface area contributed by atoms with Crippen LogP contribution in [0, 0.1) is 0 Å². The number of aromatic nitrogens is 2. The number of hydrogen-bond acceptors (Lipinski definition) is 6. The molecule has 2 aliphatic rings. The highest BCUT2D eigenvalue weighted by Crippen LogP contribution is 2.52. The van der Waals surface area contributed by atoms with Crippen LogP contribution in [0.4, 0.5) is 11.4 Å². The van der Waals surface area contributed by atoms with E-state index in [1.54, 1.807) is 15.9 Å². The molecule has 0 radical (unpaired) electrons. The Balaban J connectivity index is 1.06. The first-order chi connectivity index (χ1) is 26.6. The van der Waals surface area contributed by atoms with Crippen LogP contribution in [-0.4, -0.2) is 17.1 Å². The molecule has 9 rings (SSSR count). The molecule has 1 aliphatic carbocycles. The number of para-hydroxylation sites is 1. The Morgan fingerprint density at radius 1 is 0.815 bits per heavy atom. The Hall–Kier alpha value is -5.83. The van der Waals surface area contributed by atoms with Crippen molar-refractivity contribution in [2.75, 3.05) is 4.90 Å². The first kappa shape index (κ1) is 34.0. The lowest BCUT2D eigenvalue weighted by Crippen LogP contribution is -2.33. The Morgan fingerprint density at radius 3 is 2.24 bits per heavy atom. The van der Waals surface area contributed by atoms with Crippen molar-refractivity contribution >= 4 is 74.5 Å². The zero-order chi connectivity index (χ0) is 36.6. The molecule has 0 amide bonds. The molecule has 0 bridgehead atoms. The van der Waals surface area contributed by atoms with Gasteiger partial charge in [0.25, 0.3) is 17.0 Å². The summed E-state index contributed by atoms with van der Waals surface area (Å²) < 4.78 is 11.3. The van der Waals surface area contributed by atoms with Crippen molar-refractivity contribution in [2.45, 2.75) is 38.0 Å². The van der Waals surface area contributed by atoms with Gasteiger partial charge in [-0.1, -0.05) is 109 Å². The quantitative estimate of drug-likeness (QED) is 0.0852. The average molecular weight is 745 g/mol. The van der Waals surface area contributed by atoms with Crippen LogP contribution in [0.1, 0.15) is 58.0 Å². The third-order valence-electron chi connectivity index (χ3n) is 10.7. The van der Waals surface area contributed by atoms with E-state index in [0.717, 1.165) is 43.9 Å². The van der Waals surface area contributed by atoms with Gasteiger partial charge in [0.05, 0.1) is 10.6 Å². The minimum Gasteiger partial charge on any atom is -0.446 e. The summed E-state index contributed by atoms with van der Waals surface area (Å²) in [5.41, 5.74) is 10.5. The van der Waals surface area contributed by atoms with Gasteiger partial charge in [-0.25, -0.2) is 0 Å². The second-order valence-corrected chi connectivity index (χ2v) is 16.0. The monoisotopic (exact) mass is 744 g/mol. The highest BCUT2D eigenvalue weighted by atomic mass is 32.1. The van der Waals surface area contributed by atoms with Gasteiger partial charge in [0.15, 0.2) is 6.73 Å². The topological polar surface area (TPSA) is 55.4 Å². The largest absolute Gasteiger partial charge is 0.446 e. The van der Waals surface area contributed by atoms with Crippen molar-refractivity contribution in [3.63, 3.8) is 0 Å². The van der Waals surface area contributed by atoms with Gasteiger partial charge >= 0.3 is 0 Å². The van der Waals surface area contributed by atoms with Crippen LogP contribution in [-0.2, 0) is 23.3 Å². The molecule has 2 aromatic heterocycles. The van der Waals surface area contributed by atoms with Crippen molar-refractivity contribution in [3.8, 4) is 0 Å². The van der Waals surface area contributed by atoms with Gasteiger partial charge in [-0.05, 0) is 88.7 Å². The molecular formula is C46H38N3O3S2+. The van der Waals surface area contributed by atoms with E-state index in [4.69, 9.17) is 4.74 Å². The Bertz CT molecular complexity index is 2670. The maximum Gasteiger partial charge on any atom is 0.294 e. The Labute approximate surface area is 321 Å². The van der Waals surface area contributed by atoms with Crippen LogP contribution in [0.3, 0.4) is 0 Å². The molecule has 5 aromatic carbocycles. The third kappa shape index (κ3) is 6.31. The van der Waals surface area contributed by atoms with E-state index in [2.05, 4.69) is 131 Å². The minimum atomic E-state index is -0.172. The van der Waals surface area contributed by atoms with E-state index in [9.17, 15) is 9.59 Å². The van der Waals surface area contributed by atoms with Gasteiger partial charge in [0.2, 0.25) is 5.52 Å². The van der Waals surface area contributed by atoms with Crippen LogP contribution in [0.2, 0.25) is 0 Å². The third-order valence-corrected chi connectivity index (χ3v) is 12.9. The summed E-state index contributed by atoms with van der Waals surface area (Å²) in [6, 6.07) is 45.4.